The summed E-state index contributed by atoms with van der Waals surface area (Å²) in [6, 6.07) is 0.596. The first-order chi connectivity index (χ1) is 8.85. The van der Waals surface area contributed by atoms with Crippen molar-refractivity contribution < 1.29 is 14.7 Å². The number of urea groups is 1. The minimum Gasteiger partial charge on any atom is -0.480 e. The minimum atomic E-state index is -1.02. The van der Waals surface area contributed by atoms with Crippen molar-refractivity contribution in [1.29, 1.82) is 0 Å². The number of aliphatic carboxylic acids is 1. The summed E-state index contributed by atoms with van der Waals surface area (Å²) in [5, 5.41) is 14.1. The van der Waals surface area contributed by atoms with Crippen molar-refractivity contribution in [3.8, 4) is 0 Å². The number of carbonyl (C=O) groups is 2. The summed E-state index contributed by atoms with van der Waals surface area (Å²) in [6.45, 7) is 7.63. The van der Waals surface area contributed by atoms with Crippen molar-refractivity contribution in [2.45, 2.75) is 46.2 Å². The molecule has 1 rings (SSSR count). The van der Waals surface area contributed by atoms with Gasteiger partial charge in [0.15, 0.2) is 0 Å². The van der Waals surface area contributed by atoms with Crippen LogP contribution in [0.25, 0.3) is 0 Å². The molecule has 0 saturated carbocycles. The van der Waals surface area contributed by atoms with Crippen molar-refractivity contribution >= 4 is 23.3 Å². The molecule has 0 fully saturated rings. The van der Waals surface area contributed by atoms with E-state index in [4.69, 9.17) is 5.11 Å². The third kappa shape index (κ3) is 4.24. The van der Waals surface area contributed by atoms with Gasteiger partial charge in [-0.15, -0.1) is 11.3 Å². The summed E-state index contributed by atoms with van der Waals surface area (Å²) in [7, 11) is 0. The van der Waals surface area contributed by atoms with Gasteiger partial charge < -0.3 is 15.7 Å². The number of aryl methyl sites for hydroxylation is 2. The topological polar surface area (TPSA) is 78.4 Å². The summed E-state index contributed by atoms with van der Waals surface area (Å²) in [5.74, 6) is -1.02. The highest BCUT2D eigenvalue weighted by Crippen LogP contribution is 2.25. The molecule has 0 radical (unpaired) electrons. The number of carboxylic acid groups (broad SMARTS) is 1. The molecule has 0 spiro atoms. The summed E-state index contributed by atoms with van der Waals surface area (Å²) in [4.78, 5) is 24.9. The predicted octanol–water partition coefficient (Wildman–Crippen LogP) is 2.59. The van der Waals surface area contributed by atoms with Crippen LogP contribution in [0.4, 0.5) is 4.79 Å². The Hall–Kier alpha value is -1.56. The van der Waals surface area contributed by atoms with E-state index >= 15 is 0 Å². The number of carboxylic acids is 1. The Bertz CT molecular complexity index is 470. The lowest BCUT2D eigenvalue weighted by atomic mass is 10.1. The molecular weight excluding hydrogens is 264 g/mol. The second-order valence-corrected chi connectivity index (χ2v) is 5.97. The molecule has 2 atom stereocenters. The monoisotopic (exact) mass is 284 g/mol. The smallest absolute Gasteiger partial charge is 0.326 e. The van der Waals surface area contributed by atoms with Crippen LogP contribution in [0.1, 0.15) is 41.6 Å². The molecule has 0 bridgehead atoms. The average Bonchev–Trinajstić information content (AvgIpc) is 2.65. The lowest BCUT2D eigenvalue weighted by Gasteiger charge is -2.17. The molecule has 106 valence electrons. The highest BCUT2D eigenvalue weighted by Gasteiger charge is 2.19. The molecular formula is C13H20N2O3S. The number of nitrogens with one attached hydrogen (secondary N) is 2. The fourth-order valence-electron chi connectivity index (χ4n) is 1.89. The fourth-order valence-corrected chi connectivity index (χ4v) is 2.92. The van der Waals surface area contributed by atoms with Crippen molar-refractivity contribution in [3.63, 3.8) is 0 Å². The Labute approximate surface area is 117 Å². The van der Waals surface area contributed by atoms with Gasteiger partial charge in [-0.2, -0.15) is 0 Å². The molecule has 19 heavy (non-hydrogen) atoms. The van der Waals surface area contributed by atoms with Crippen molar-refractivity contribution in [1.82, 2.24) is 10.6 Å². The standard InChI is InChI=1S/C13H20N2O3S/c1-5-11(12(16)17)15-13(18)14-8(3)10-6-7(2)19-9(10)4/h6,8,11H,5H2,1-4H3,(H,16,17)(H2,14,15,18)/t8?,11-/m0/s1. The Morgan fingerprint density at radius 2 is 2.00 bits per heavy atom. The van der Waals surface area contributed by atoms with Crippen LogP contribution >= 0.6 is 11.3 Å². The van der Waals surface area contributed by atoms with Gasteiger partial charge in [0.25, 0.3) is 0 Å². The lowest BCUT2D eigenvalue weighted by molar-refractivity contribution is -0.139. The van der Waals surface area contributed by atoms with E-state index in [1.165, 1.54) is 4.88 Å². The van der Waals surface area contributed by atoms with Crippen LogP contribution in [0.3, 0.4) is 0 Å². The first-order valence-electron chi connectivity index (χ1n) is 6.21. The van der Waals surface area contributed by atoms with E-state index in [0.29, 0.717) is 6.42 Å². The van der Waals surface area contributed by atoms with Crippen molar-refractivity contribution in [2.75, 3.05) is 0 Å². The van der Waals surface area contributed by atoms with Crippen molar-refractivity contribution in [3.05, 3.63) is 21.4 Å². The van der Waals surface area contributed by atoms with Gasteiger partial charge in [0.1, 0.15) is 6.04 Å². The summed E-state index contributed by atoms with van der Waals surface area (Å²) in [6.07, 6.45) is 0.355. The van der Waals surface area contributed by atoms with Crippen LogP contribution in [0, 0.1) is 13.8 Å². The van der Waals surface area contributed by atoms with Gasteiger partial charge in [-0.05, 0) is 38.8 Å². The van der Waals surface area contributed by atoms with Crippen molar-refractivity contribution in [2.24, 2.45) is 0 Å². The Kier molecular flexibility index (Phi) is 5.35. The summed E-state index contributed by atoms with van der Waals surface area (Å²) in [5.41, 5.74) is 1.07. The van der Waals surface area contributed by atoms with Crippen LogP contribution < -0.4 is 10.6 Å². The Morgan fingerprint density at radius 1 is 1.37 bits per heavy atom. The molecule has 1 aromatic rings. The summed E-state index contributed by atoms with van der Waals surface area (Å²) < 4.78 is 0. The third-order valence-electron chi connectivity index (χ3n) is 2.91. The fraction of sp³-hybridized carbons (Fsp3) is 0.538. The number of hydrogen-bond donors (Lipinski definition) is 3. The predicted molar refractivity (Wildman–Crippen MR) is 75.6 cm³/mol. The van der Waals surface area contributed by atoms with Crippen LogP contribution in [0.2, 0.25) is 0 Å². The average molecular weight is 284 g/mol. The van der Waals surface area contributed by atoms with Crippen LogP contribution in [0.15, 0.2) is 6.07 Å². The van der Waals surface area contributed by atoms with Gasteiger partial charge in [0.05, 0.1) is 6.04 Å². The molecule has 0 aromatic carbocycles. The number of amides is 2. The molecule has 5 nitrogen and oxygen atoms in total. The molecule has 1 unspecified atom stereocenters. The largest absolute Gasteiger partial charge is 0.480 e. The molecule has 2 amide bonds. The van der Waals surface area contributed by atoms with Crippen LogP contribution in [0.5, 0.6) is 0 Å². The number of rotatable bonds is 5. The molecule has 1 aromatic heterocycles. The van der Waals surface area contributed by atoms with E-state index in [9.17, 15) is 9.59 Å². The first-order valence-corrected chi connectivity index (χ1v) is 7.03. The molecule has 0 aliphatic carbocycles. The van der Waals surface area contributed by atoms with E-state index in [1.54, 1.807) is 18.3 Å². The van der Waals surface area contributed by atoms with Gasteiger partial charge in [-0.25, -0.2) is 9.59 Å². The normalized spacial score (nSPS) is 13.7. The van der Waals surface area contributed by atoms with E-state index in [0.717, 1.165) is 10.4 Å². The maximum atomic E-state index is 11.7. The Balaban J connectivity index is 2.62. The molecule has 0 aliphatic heterocycles. The van der Waals surface area contributed by atoms with E-state index in [2.05, 4.69) is 10.6 Å². The minimum absolute atomic E-state index is 0.142. The summed E-state index contributed by atoms with van der Waals surface area (Å²) >= 11 is 1.68. The molecule has 1 heterocycles. The maximum absolute atomic E-state index is 11.7. The zero-order valence-corrected chi connectivity index (χ0v) is 12.4. The van der Waals surface area contributed by atoms with E-state index in [1.807, 2.05) is 26.8 Å². The van der Waals surface area contributed by atoms with Crippen LogP contribution in [-0.2, 0) is 4.79 Å². The molecule has 0 aliphatic rings. The highest BCUT2D eigenvalue weighted by atomic mass is 32.1. The molecule has 0 saturated heterocycles. The second kappa shape index (κ2) is 6.56. The number of thiophene rings is 1. The Morgan fingerprint density at radius 3 is 2.42 bits per heavy atom. The van der Waals surface area contributed by atoms with E-state index < -0.39 is 18.0 Å². The van der Waals surface area contributed by atoms with Crippen LogP contribution in [-0.4, -0.2) is 23.1 Å². The van der Waals surface area contributed by atoms with Gasteiger partial charge in [-0.3, -0.25) is 0 Å². The molecule has 3 N–H and O–H groups in total. The SMILES string of the molecule is CC[C@H](NC(=O)NC(C)c1cc(C)sc1C)C(=O)O. The highest BCUT2D eigenvalue weighted by molar-refractivity contribution is 7.12. The second-order valence-electron chi connectivity index (χ2n) is 4.51. The zero-order valence-electron chi connectivity index (χ0n) is 11.6. The van der Waals surface area contributed by atoms with Gasteiger partial charge in [-0.1, -0.05) is 6.92 Å². The zero-order chi connectivity index (χ0) is 14.6. The number of carbonyl (C=O) groups excluding carboxylic acids is 1. The van der Waals surface area contributed by atoms with Gasteiger partial charge in [0, 0.05) is 9.75 Å². The molecule has 6 heteroatoms. The quantitative estimate of drug-likeness (QED) is 0.777. The number of hydrogen-bond acceptors (Lipinski definition) is 3. The lowest BCUT2D eigenvalue weighted by Crippen LogP contribution is -2.46. The maximum Gasteiger partial charge on any atom is 0.326 e. The first kappa shape index (κ1) is 15.5. The van der Waals surface area contributed by atoms with Gasteiger partial charge in [0.2, 0.25) is 0 Å². The van der Waals surface area contributed by atoms with Gasteiger partial charge >= 0.3 is 12.0 Å². The van der Waals surface area contributed by atoms with E-state index in [-0.39, 0.29) is 6.04 Å². The third-order valence-corrected chi connectivity index (χ3v) is 3.89.